The molecule has 4 nitrogen and oxygen atoms in total. The molecular formula is C27H21N3O. The number of pyridine rings is 1. The summed E-state index contributed by atoms with van der Waals surface area (Å²) < 4.78 is 7.99. The predicted molar refractivity (Wildman–Crippen MR) is 124 cm³/mol. The second kappa shape index (κ2) is 8.28. The standard InChI is InChI=1S/C27H21N3O/c1-30-25(22-15-13-21(14-16-22)20-8-3-2-4-9-20)19-29-27(30)23-10-7-11-24(18-23)31-26-12-5-6-17-28-26/h2-19H,1H3. The van der Waals surface area contributed by atoms with Gasteiger partial charge < -0.3 is 9.30 Å². The number of ether oxygens (including phenoxy) is 1. The third kappa shape index (κ3) is 3.96. The fourth-order valence-corrected chi connectivity index (χ4v) is 3.64. The molecule has 0 radical (unpaired) electrons. The van der Waals surface area contributed by atoms with Crippen LogP contribution in [0.25, 0.3) is 33.8 Å². The van der Waals surface area contributed by atoms with Crippen LogP contribution in [0.4, 0.5) is 0 Å². The minimum Gasteiger partial charge on any atom is -0.439 e. The fraction of sp³-hybridized carbons (Fsp3) is 0.0370. The van der Waals surface area contributed by atoms with Gasteiger partial charge in [-0.15, -0.1) is 0 Å². The number of nitrogens with zero attached hydrogens (tertiary/aromatic N) is 3. The van der Waals surface area contributed by atoms with Crippen LogP contribution in [-0.2, 0) is 7.05 Å². The van der Waals surface area contributed by atoms with Crippen LogP contribution in [0, 0.1) is 0 Å². The van der Waals surface area contributed by atoms with Gasteiger partial charge in [0.2, 0.25) is 5.88 Å². The first-order chi connectivity index (χ1) is 15.3. The minimum absolute atomic E-state index is 0.568. The van der Waals surface area contributed by atoms with Crippen LogP contribution in [0.5, 0.6) is 11.6 Å². The average molecular weight is 403 g/mol. The largest absolute Gasteiger partial charge is 0.439 e. The van der Waals surface area contributed by atoms with E-state index in [-0.39, 0.29) is 0 Å². The quantitative estimate of drug-likeness (QED) is 0.331. The summed E-state index contributed by atoms with van der Waals surface area (Å²) in [5.41, 5.74) is 5.59. The molecule has 0 atom stereocenters. The van der Waals surface area contributed by atoms with Crippen molar-refractivity contribution in [2.45, 2.75) is 0 Å². The van der Waals surface area contributed by atoms with Crippen molar-refractivity contribution < 1.29 is 4.74 Å². The van der Waals surface area contributed by atoms with Gasteiger partial charge in [-0.2, -0.15) is 0 Å². The van der Waals surface area contributed by atoms with Crippen LogP contribution in [0.15, 0.2) is 109 Å². The van der Waals surface area contributed by atoms with Gasteiger partial charge in [0.25, 0.3) is 0 Å². The fourth-order valence-electron chi connectivity index (χ4n) is 3.64. The zero-order chi connectivity index (χ0) is 21.0. The summed E-state index contributed by atoms with van der Waals surface area (Å²) in [7, 11) is 2.04. The SMILES string of the molecule is Cn1c(-c2ccc(-c3ccccc3)cc2)cnc1-c1cccc(Oc2ccccn2)c1. The van der Waals surface area contributed by atoms with Crippen LogP contribution in [-0.4, -0.2) is 14.5 Å². The lowest BCUT2D eigenvalue weighted by Gasteiger charge is -2.09. The highest BCUT2D eigenvalue weighted by atomic mass is 16.5. The van der Waals surface area contributed by atoms with Crippen molar-refractivity contribution in [3.63, 3.8) is 0 Å². The maximum absolute atomic E-state index is 5.88. The highest BCUT2D eigenvalue weighted by Gasteiger charge is 2.12. The minimum atomic E-state index is 0.568. The van der Waals surface area contributed by atoms with Gasteiger partial charge >= 0.3 is 0 Å². The van der Waals surface area contributed by atoms with Gasteiger partial charge in [-0.3, -0.25) is 0 Å². The molecule has 0 fully saturated rings. The van der Waals surface area contributed by atoms with Crippen molar-refractivity contribution >= 4 is 0 Å². The van der Waals surface area contributed by atoms with E-state index >= 15 is 0 Å². The summed E-state index contributed by atoms with van der Waals surface area (Å²) in [5.74, 6) is 2.18. The molecule has 0 N–H and O–H groups in total. The highest BCUT2D eigenvalue weighted by molar-refractivity contribution is 5.71. The molecule has 31 heavy (non-hydrogen) atoms. The van der Waals surface area contributed by atoms with E-state index in [0.29, 0.717) is 5.88 Å². The molecule has 5 aromatic rings. The molecule has 0 aliphatic carbocycles. The molecule has 2 heterocycles. The first kappa shape index (κ1) is 18.8. The van der Waals surface area contributed by atoms with Crippen LogP contribution < -0.4 is 4.74 Å². The molecule has 150 valence electrons. The van der Waals surface area contributed by atoms with E-state index in [4.69, 9.17) is 4.74 Å². The lowest BCUT2D eigenvalue weighted by Crippen LogP contribution is -1.96. The normalized spacial score (nSPS) is 10.7. The number of hydrogen-bond donors (Lipinski definition) is 0. The molecule has 3 aromatic carbocycles. The van der Waals surface area contributed by atoms with Gasteiger partial charge in [-0.25, -0.2) is 9.97 Å². The van der Waals surface area contributed by atoms with E-state index in [0.717, 1.165) is 28.4 Å². The predicted octanol–water partition coefficient (Wildman–Crippen LogP) is 6.61. The summed E-state index contributed by atoms with van der Waals surface area (Å²) >= 11 is 0. The smallest absolute Gasteiger partial charge is 0.219 e. The van der Waals surface area contributed by atoms with Crippen molar-refractivity contribution in [2.24, 2.45) is 7.05 Å². The molecule has 0 aliphatic rings. The van der Waals surface area contributed by atoms with Gasteiger partial charge in [0, 0.05) is 24.9 Å². The maximum Gasteiger partial charge on any atom is 0.219 e. The number of imidazole rings is 1. The van der Waals surface area contributed by atoms with Gasteiger partial charge in [0.1, 0.15) is 11.6 Å². The summed E-state index contributed by atoms with van der Waals surface area (Å²) in [5, 5.41) is 0. The molecule has 0 unspecified atom stereocenters. The molecule has 0 saturated heterocycles. The summed E-state index contributed by atoms with van der Waals surface area (Å²) in [6.45, 7) is 0. The number of rotatable bonds is 5. The van der Waals surface area contributed by atoms with Crippen molar-refractivity contribution in [3.05, 3.63) is 109 Å². The summed E-state index contributed by atoms with van der Waals surface area (Å²) in [4.78, 5) is 8.91. The maximum atomic E-state index is 5.88. The monoisotopic (exact) mass is 403 g/mol. The van der Waals surface area contributed by atoms with Crippen LogP contribution in [0.2, 0.25) is 0 Å². The molecule has 0 aliphatic heterocycles. The van der Waals surface area contributed by atoms with Crippen LogP contribution in [0.1, 0.15) is 0 Å². The topological polar surface area (TPSA) is 39.9 Å². The second-order valence-electron chi connectivity index (χ2n) is 7.27. The number of benzene rings is 3. The summed E-state index contributed by atoms with van der Waals surface area (Å²) in [6, 6.07) is 32.5. The van der Waals surface area contributed by atoms with Gasteiger partial charge in [0.05, 0.1) is 11.9 Å². The van der Waals surface area contributed by atoms with Gasteiger partial charge in [-0.05, 0) is 34.9 Å². The van der Waals surface area contributed by atoms with E-state index < -0.39 is 0 Å². The second-order valence-corrected chi connectivity index (χ2v) is 7.27. The Balaban J connectivity index is 1.42. The Bertz CT molecular complexity index is 1290. The van der Waals surface area contributed by atoms with Crippen molar-refractivity contribution in [1.82, 2.24) is 14.5 Å². The van der Waals surface area contributed by atoms with E-state index in [1.54, 1.807) is 6.20 Å². The van der Waals surface area contributed by atoms with Crippen molar-refractivity contribution in [2.75, 3.05) is 0 Å². The first-order valence-electron chi connectivity index (χ1n) is 10.1. The molecular weight excluding hydrogens is 382 g/mol. The third-order valence-corrected chi connectivity index (χ3v) is 5.23. The zero-order valence-corrected chi connectivity index (χ0v) is 17.1. The molecule has 0 spiro atoms. The number of aromatic nitrogens is 3. The van der Waals surface area contributed by atoms with Gasteiger partial charge in [0.15, 0.2) is 0 Å². The zero-order valence-electron chi connectivity index (χ0n) is 17.1. The van der Waals surface area contributed by atoms with Crippen molar-refractivity contribution in [1.29, 1.82) is 0 Å². The first-order valence-corrected chi connectivity index (χ1v) is 10.1. The Hall–Kier alpha value is -4.18. The average Bonchev–Trinajstić information content (AvgIpc) is 3.22. The van der Waals surface area contributed by atoms with E-state index in [1.807, 2.05) is 61.8 Å². The lowest BCUT2D eigenvalue weighted by molar-refractivity contribution is 0.463. The third-order valence-electron chi connectivity index (χ3n) is 5.23. The Labute approximate surface area is 181 Å². The van der Waals surface area contributed by atoms with Crippen molar-refractivity contribution in [3.8, 4) is 45.4 Å². The van der Waals surface area contributed by atoms with E-state index in [1.165, 1.54) is 11.1 Å². The molecule has 0 bridgehead atoms. The van der Waals surface area contributed by atoms with Crippen LogP contribution >= 0.6 is 0 Å². The Morgan fingerprint density at radius 3 is 2.13 bits per heavy atom. The van der Waals surface area contributed by atoms with E-state index in [9.17, 15) is 0 Å². The summed E-state index contributed by atoms with van der Waals surface area (Å²) in [6.07, 6.45) is 3.63. The Kier molecular flexibility index (Phi) is 5.03. The molecule has 0 amide bonds. The van der Waals surface area contributed by atoms with Gasteiger partial charge in [-0.1, -0.05) is 72.8 Å². The molecule has 0 saturated carbocycles. The lowest BCUT2D eigenvalue weighted by atomic mass is 10.0. The Morgan fingerprint density at radius 1 is 0.645 bits per heavy atom. The Morgan fingerprint density at radius 2 is 1.35 bits per heavy atom. The van der Waals surface area contributed by atoms with Crippen LogP contribution in [0.3, 0.4) is 0 Å². The molecule has 2 aromatic heterocycles. The van der Waals surface area contributed by atoms with E-state index in [2.05, 4.69) is 63.1 Å². The number of hydrogen-bond acceptors (Lipinski definition) is 3. The molecule has 4 heteroatoms. The highest BCUT2D eigenvalue weighted by Crippen LogP contribution is 2.30. The molecule has 5 rings (SSSR count).